The van der Waals surface area contributed by atoms with E-state index in [0.717, 1.165) is 18.7 Å². The SMILES string of the molecule is Cn1ccnc1CN(C(=O)c1ccn[nH]1)C1CC1. The van der Waals surface area contributed by atoms with Crippen LogP contribution in [0.1, 0.15) is 29.2 Å². The average Bonchev–Trinajstić information content (AvgIpc) is 2.90. The molecule has 2 aromatic rings. The van der Waals surface area contributed by atoms with Crippen molar-refractivity contribution in [2.24, 2.45) is 7.05 Å². The van der Waals surface area contributed by atoms with E-state index in [9.17, 15) is 4.79 Å². The van der Waals surface area contributed by atoms with Crippen LogP contribution in [0, 0.1) is 0 Å². The van der Waals surface area contributed by atoms with Crippen molar-refractivity contribution in [3.05, 3.63) is 36.2 Å². The number of aryl methyl sites for hydroxylation is 1. The number of aromatic nitrogens is 4. The van der Waals surface area contributed by atoms with Crippen molar-refractivity contribution < 1.29 is 4.79 Å². The molecule has 0 radical (unpaired) electrons. The van der Waals surface area contributed by atoms with E-state index in [2.05, 4.69) is 15.2 Å². The third-order valence-corrected chi connectivity index (χ3v) is 3.21. The van der Waals surface area contributed by atoms with E-state index < -0.39 is 0 Å². The van der Waals surface area contributed by atoms with Gasteiger partial charge in [-0.1, -0.05) is 0 Å². The second-order valence-electron chi connectivity index (χ2n) is 4.59. The van der Waals surface area contributed by atoms with Crippen LogP contribution in [0.3, 0.4) is 0 Å². The molecule has 1 fully saturated rings. The molecule has 1 amide bonds. The first-order chi connectivity index (χ1) is 8.75. The minimum atomic E-state index is -0.00185. The van der Waals surface area contributed by atoms with Crippen LogP contribution in [-0.4, -0.2) is 36.6 Å². The maximum Gasteiger partial charge on any atom is 0.272 e. The Hall–Kier alpha value is -2.11. The number of amides is 1. The van der Waals surface area contributed by atoms with Crippen LogP contribution in [0.5, 0.6) is 0 Å². The Balaban J connectivity index is 1.81. The molecule has 2 aromatic heterocycles. The zero-order valence-electron chi connectivity index (χ0n) is 10.2. The highest BCUT2D eigenvalue weighted by atomic mass is 16.2. The fourth-order valence-electron chi connectivity index (χ4n) is 1.98. The summed E-state index contributed by atoms with van der Waals surface area (Å²) in [6.45, 7) is 0.548. The maximum absolute atomic E-state index is 12.3. The van der Waals surface area contributed by atoms with Crippen LogP contribution in [0.2, 0.25) is 0 Å². The molecule has 0 atom stereocenters. The van der Waals surface area contributed by atoms with Gasteiger partial charge >= 0.3 is 0 Å². The monoisotopic (exact) mass is 245 g/mol. The number of rotatable bonds is 4. The number of nitrogens with zero attached hydrogens (tertiary/aromatic N) is 4. The summed E-state index contributed by atoms with van der Waals surface area (Å²) in [7, 11) is 1.94. The third-order valence-electron chi connectivity index (χ3n) is 3.21. The second-order valence-corrected chi connectivity index (χ2v) is 4.59. The van der Waals surface area contributed by atoms with Crippen molar-refractivity contribution in [3.63, 3.8) is 0 Å². The summed E-state index contributed by atoms with van der Waals surface area (Å²) >= 11 is 0. The molecule has 18 heavy (non-hydrogen) atoms. The topological polar surface area (TPSA) is 66.8 Å². The largest absolute Gasteiger partial charge is 0.337 e. The van der Waals surface area contributed by atoms with E-state index >= 15 is 0 Å². The summed E-state index contributed by atoms with van der Waals surface area (Å²) in [6, 6.07) is 2.05. The molecule has 6 heteroatoms. The molecule has 2 heterocycles. The van der Waals surface area contributed by atoms with Gasteiger partial charge in [0.05, 0.1) is 6.54 Å². The molecule has 0 unspecified atom stereocenters. The molecule has 1 saturated carbocycles. The van der Waals surface area contributed by atoms with Gasteiger partial charge in [-0.05, 0) is 18.9 Å². The van der Waals surface area contributed by atoms with Crippen molar-refractivity contribution in [1.82, 2.24) is 24.6 Å². The summed E-state index contributed by atoms with van der Waals surface area (Å²) in [5.74, 6) is 0.896. The molecule has 0 aromatic carbocycles. The number of nitrogens with one attached hydrogen (secondary N) is 1. The van der Waals surface area contributed by atoms with Gasteiger partial charge in [-0.25, -0.2) is 4.98 Å². The molecule has 0 saturated heterocycles. The second kappa shape index (κ2) is 4.29. The van der Waals surface area contributed by atoms with Crippen molar-refractivity contribution in [2.75, 3.05) is 0 Å². The predicted octanol–water partition coefficient (Wildman–Crippen LogP) is 0.948. The number of hydrogen-bond acceptors (Lipinski definition) is 3. The Morgan fingerprint density at radius 2 is 2.39 bits per heavy atom. The van der Waals surface area contributed by atoms with Crippen molar-refractivity contribution in [3.8, 4) is 0 Å². The lowest BCUT2D eigenvalue weighted by Crippen LogP contribution is -2.33. The van der Waals surface area contributed by atoms with E-state index in [1.54, 1.807) is 18.5 Å². The summed E-state index contributed by atoms with van der Waals surface area (Å²) in [5.41, 5.74) is 0.538. The molecule has 1 N–H and O–H groups in total. The van der Waals surface area contributed by atoms with E-state index in [0.29, 0.717) is 18.3 Å². The fraction of sp³-hybridized carbons (Fsp3) is 0.417. The van der Waals surface area contributed by atoms with Crippen LogP contribution in [0.15, 0.2) is 24.7 Å². The molecule has 1 aliphatic rings. The quantitative estimate of drug-likeness (QED) is 0.872. The van der Waals surface area contributed by atoms with Crippen LogP contribution in [-0.2, 0) is 13.6 Å². The summed E-state index contributed by atoms with van der Waals surface area (Å²) in [6.07, 6.45) is 7.38. The van der Waals surface area contributed by atoms with Gasteiger partial charge in [0.25, 0.3) is 5.91 Å². The van der Waals surface area contributed by atoms with E-state index in [-0.39, 0.29) is 5.91 Å². The van der Waals surface area contributed by atoms with Gasteiger partial charge in [-0.2, -0.15) is 5.10 Å². The van der Waals surface area contributed by atoms with Crippen molar-refractivity contribution in [1.29, 1.82) is 0 Å². The lowest BCUT2D eigenvalue weighted by atomic mass is 10.3. The number of carbonyl (C=O) groups excluding carboxylic acids is 1. The van der Waals surface area contributed by atoms with E-state index in [4.69, 9.17) is 0 Å². The Morgan fingerprint density at radius 1 is 1.56 bits per heavy atom. The Labute approximate surface area is 105 Å². The number of hydrogen-bond donors (Lipinski definition) is 1. The number of aromatic amines is 1. The standard InChI is InChI=1S/C12H15N5O/c1-16-7-6-13-11(16)8-17(9-2-3-9)12(18)10-4-5-14-15-10/h4-7,9H,2-3,8H2,1H3,(H,14,15). The third kappa shape index (κ3) is 2.01. The van der Waals surface area contributed by atoms with E-state index in [1.165, 1.54) is 0 Å². The Bertz CT molecular complexity index is 541. The van der Waals surface area contributed by atoms with Crippen LogP contribution in [0.4, 0.5) is 0 Å². The number of imidazole rings is 1. The van der Waals surface area contributed by atoms with Gasteiger partial charge in [0.1, 0.15) is 11.5 Å². The normalized spacial score (nSPS) is 14.7. The van der Waals surface area contributed by atoms with Gasteiger partial charge in [0.15, 0.2) is 0 Å². The van der Waals surface area contributed by atoms with Gasteiger partial charge in [0, 0.05) is 31.7 Å². The fourth-order valence-corrected chi connectivity index (χ4v) is 1.98. The van der Waals surface area contributed by atoms with Gasteiger partial charge < -0.3 is 9.47 Å². The van der Waals surface area contributed by atoms with Gasteiger partial charge in [-0.3, -0.25) is 9.89 Å². The zero-order chi connectivity index (χ0) is 12.5. The molecule has 0 aliphatic heterocycles. The maximum atomic E-state index is 12.3. The minimum Gasteiger partial charge on any atom is -0.337 e. The van der Waals surface area contributed by atoms with Crippen LogP contribution < -0.4 is 0 Å². The predicted molar refractivity (Wildman–Crippen MR) is 64.7 cm³/mol. The smallest absolute Gasteiger partial charge is 0.272 e. The first-order valence-corrected chi connectivity index (χ1v) is 6.02. The highest BCUT2D eigenvalue weighted by Gasteiger charge is 2.34. The first kappa shape index (κ1) is 11.0. The summed E-state index contributed by atoms with van der Waals surface area (Å²) in [4.78, 5) is 18.5. The molecular weight excluding hydrogens is 230 g/mol. The van der Waals surface area contributed by atoms with Crippen LogP contribution in [0.25, 0.3) is 0 Å². The van der Waals surface area contributed by atoms with Gasteiger partial charge in [-0.15, -0.1) is 0 Å². The molecule has 94 valence electrons. The van der Waals surface area contributed by atoms with Crippen molar-refractivity contribution >= 4 is 5.91 Å². The molecule has 3 rings (SSSR count). The lowest BCUT2D eigenvalue weighted by molar-refractivity contribution is 0.0718. The highest BCUT2D eigenvalue weighted by Crippen LogP contribution is 2.29. The van der Waals surface area contributed by atoms with Gasteiger partial charge in [0.2, 0.25) is 0 Å². The average molecular weight is 245 g/mol. The first-order valence-electron chi connectivity index (χ1n) is 6.02. The number of H-pyrrole nitrogens is 1. The molecule has 1 aliphatic carbocycles. The summed E-state index contributed by atoms with van der Waals surface area (Å²) < 4.78 is 1.94. The lowest BCUT2D eigenvalue weighted by Gasteiger charge is -2.21. The highest BCUT2D eigenvalue weighted by molar-refractivity contribution is 5.92. The molecule has 0 bridgehead atoms. The minimum absolute atomic E-state index is 0.00185. The molecule has 6 nitrogen and oxygen atoms in total. The molecule has 0 spiro atoms. The Kier molecular flexibility index (Phi) is 2.62. The molecular formula is C12H15N5O. The van der Waals surface area contributed by atoms with Crippen LogP contribution >= 0.6 is 0 Å². The van der Waals surface area contributed by atoms with Crippen molar-refractivity contribution in [2.45, 2.75) is 25.4 Å². The van der Waals surface area contributed by atoms with E-state index in [1.807, 2.05) is 22.7 Å². The Morgan fingerprint density at radius 3 is 2.94 bits per heavy atom. The zero-order valence-corrected chi connectivity index (χ0v) is 10.2. The summed E-state index contributed by atoms with van der Waals surface area (Å²) in [5, 5.41) is 6.55. The number of carbonyl (C=O) groups is 1.